The Morgan fingerprint density at radius 1 is 1.32 bits per heavy atom. The summed E-state index contributed by atoms with van der Waals surface area (Å²) in [6, 6.07) is 0.566. The van der Waals surface area contributed by atoms with Gasteiger partial charge in [0.05, 0.1) is 12.2 Å². The van der Waals surface area contributed by atoms with Gasteiger partial charge in [-0.15, -0.1) is 0 Å². The molecule has 1 aromatic heterocycles. The van der Waals surface area contributed by atoms with Gasteiger partial charge >= 0.3 is 12.1 Å². The highest BCUT2D eigenvalue weighted by molar-refractivity contribution is 5.73. The summed E-state index contributed by atoms with van der Waals surface area (Å²) >= 11 is 0. The van der Waals surface area contributed by atoms with E-state index in [1.807, 2.05) is 12.4 Å². The molecule has 28 heavy (non-hydrogen) atoms. The van der Waals surface area contributed by atoms with E-state index in [0.29, 0.717) is 6.04 Å². The van der Waals surface area contributed by atoms with Crippen molar-refractivity contribution >= 4 is 11.9 Å². The van der Waals surface area contributed by atoms with Crippen molar-refractivity contribution < 1.29 is 27.8 Å². The van der Waals surface area contributed by atoms with Gasteiger partial charge in [-0.05, 0) is 45.3 Å². The second-order valence-corrected chi connectivity index (χ2v) is 7.35. The molecule has 2 saturated heterocycles. The van der Waals surface area contributed by atoms with Crippen LogP contribution in [0.4, 0.5) is 19.1 Å². The number of ether oxygens (including phenoxy) is 1. The van der Waals surface area contributed by atoms with Gasteiger partial charge in [-0.25, -0.2) is 14.8 Å². The Morgan fingerprint density at radius 3 is 2.25 bits per heavy atom. The molecule has 2 fully saturated rings. The summed E-state index contributed by atoms with van der Waals surface area (Å²) in [5.41, 5.74) is 1.29. The quantitative estimate of drug-likeness (QED) is 0.829. The second-order valence-electron chi connectivity index (χ2n) is 7.35. The molecule has 2 aliphatic rings. The van der Waals surface area contributed by atoms with Gasteiger partial charge in [0.15, 0.2) is 0 Å². The average molecular weight is 404 g/mol. The first kappa shape index (κ1) is 22.4. The monoisotopic (exact) mass is 404 g/mol. The maximum Gasteiger partial charge on any atom is 0.490 e. The predicted octanol–water partition coefficient (Wildman–Crippen LogP) is 2.36. The molecule has 158 valence electrons. The Morgan fingerprint density at radius 2 is 1.86 bits per heavy atom. The highest BCUT2D eigenvalue weighted by Crippen LogP contribution is 2.37. The standard InChI is InChI=1S/C16H26N4O.C2HF3O2/c1-4-13-10-17-15(18-11-13)20-7-5-16(6-8-20)9-14(12-21-16)19(2)3;3-2(4,5)1(6)7/h10-11,14H,4-9,12H2,1-3H3;(H,6,7). The number of hydrogen-bond acceptors (Lipinski definition) is 6. The summed E-state index contributed by atoms with van der Waals surface area (Å²) in [6.45, 7) is 4.98. The number of rotatable bonds is 3. The highest BCUT2D eigenvalue weighted by atomic mass is 19.4. The van der Waals surface area contributed by atoms with Crippen LogP contribution >= 0.6 is 0 Å². The lowest BCUT2D eigenvalue weighted by molar-refractivity contribution is -0.192. The number of aryl methyl sites for hydroxylation is 1. The smallest absolute Gasteiger partial charge is 0.475 e. The van der Waals surface area contributed by atoms with Crippen LogP contribution in [-0.2, 0) is 16.0 Å². The first-order valence-electron chi connectivity index (χ1n) is 9.22. The normalized spacial score (nSPS) is 21.5. The molecule has 1 unspecified atom stereocenters. The number of nitrogens with zero attached hydrogens (tertiary/aromatic N) is 4. The van der Waals surface area contributed by atoms with Crippen molar-refractivity contribution in [2.24, 2.45) is 0 Å². The van der Waals surface area contributed by atoms with E-state index in [0.717, 1.165) is 51.3 Å². The van der Waals surface area contributed by atoms with Gasteiger partial charge < -0.3 is 19.6 Å². The van der Waals surface area contributed by atoms with E-state index in [-0.39, 0.29) is 5.60 Å². The third-order valence-corrected chi connectivity index (χ3v) is 5.22. The van der Waals surface area contributed by atoms with E-state index in [9.17, 15) is 13.2 Å². The summed E-state index contributed by atoms with van der Waals surface area (Å²) in [5, 5.41) is 7.12. The summed E-state index contributed by atoms with van der Waals surface area (Å²) in [5.74, 6) is -1.89. The first-order valence-corrected chi connectivity index (χ1v) is 9.22. The van der Waals surface area contributed by atoms with Crippen molar-refractivity contribution in [2.45, 2.75) is 50.4 Å². The van der Waals surface area contributed by atoms with E-state index in [1.165, 1.54) is 5.56 Å². The minimum Gasteiger partial charge on any atom is -0.475 e. The van der Waals surface area contributed by atoms with Crippen molar-refractivity contribution in [1.82, 2.24) is 14.9 Å². The average Bonchev–Trinajstić information content (AvgIpc) is 3.06. The van der Waals surface area contributed by atoms with E-state index in [1.54, 1.807) is 0 Å². The number of halogens is 3. The minimum absolute atomic E-state index is 0.0921. The number of piperidine rings is 1. The van der Waals surface area contributed by atoms with Crippen molar-refractivity contribution in [1.29, 1.82) is 0 Å². The summed E-state index contributed by atoms with van der Waals surface area (Å²) in [4.78, 5) is 22.5. The number of carboxylic acids is 1. The number of carbonyl (C=O) groups is 1. The lowest BCUT2D eigenvalue weighted by Crippen LogP contribution is -2.45. The Labute approximate surface area is 162 Å². The second kappa shape index (κ2) is 9.04. The van der Waals surface area contributed by atoms with Crippen LogP contribution in [-0.4, -0.2) is 77.6 Å². The fourth-order valence-electron chi connectivity index (χ4n) is 3.31. The van der Waals surface area contributed by atoms with Crippen LogP contribution in [0.2, 0.25) is 0 Å². The lowest BCUT2D eigenvalue weighted by atomic mass is 9.87. The zero-order chi connectivity index (χ0) is 20.9. The summed E-state index contributed by atoms with van der Waals surface area (Å²) in [7, 11) is 4.29. The maximum absolute atomic E-state index is 10.6. The van der Waals surface area contributed by atoms with Crippen molar-refractivity contribution in [3.8, 4) is 0 Å². The zero-order valence-corrected chi connectivity index (χ0v) is 16.4. The predicted molar refractivity (Wildman–Crippen MR) is 97.3 cm³/mol. The van der Waals surface area contributed by atoms with Crippen LogP contribution in [0.1, 0.15) is 31.7 Å². The molecule has 2 aliphatic heterocycles. The van der Waals surface area contributed by atoms with Crippen molar-refractivity contribution in [3.05, 3.63) is 18.0 Å². The zero-order valence-electron chi connectivity index (χ0n) is 16.4. The molecule has 1 aromatic rings. The van der Waals surface area contributed by atoms with E-state index >= 15 is 0 Å². The number of hydrogen-bond donors (Lipinski definition) is 1. The van der Waals surface area contributed by atoms with Crippen LogP contribution in [0, 0.1) is 0 Å². The number of aliphatic carboxylic acids is 1. The van der Waals surface area contributed by atoms with Crippen LogP contribution in [0.25, 0.3) is 0 Å². The number of carboxylic acid groups (broad SMARTS) is 1. The fraction of sp³-hybridized carbons (Fsp3) is 0.722. The molecule has 0 amide bonds. The Kier molecular flexibility index (Phi) is 7.22. The molecule has 10 heteroatoms. The molecule has 1 atom stereocenters. The first-order chi connectivity index (χ1) is 13.1. The molecule has 0 aliphatic carbocycles. The van der Waals surface area contributed by atoms with E-state index in [4.69, 9.17) is 14.6 Å². The molecule has 0 bridgehead atoms. The molecule has 0 radical (unpaired) electrons. The molecule has 3 rings (SSSR count). The van der Waals surface area contributed by atoms with Gasteiger partial charge in [-0.1, -0.05) is 6.92 Å². The lowest BCUT2D eigenvalue weighted by Gasteiger charge is -2.38. The minimum atomic E-state index is -5.08. The van der Waals surface area contributed by atoms with Crippen LogP contribution in [0.15, 0.2) is 12.4 Å². The molecule has 1 spiro atoms. The van der Waals surface area contributed by atoms with Gasteiger partial charge in [-0.3, -0.25) is 0 Å². The van der Waals surface area contributed by atoms with Crippen LogP contribution in [0.5, 0.6) is 0 Å². The van der Waals surface area contributed by atoms with Gasteiger partial charge in [0, 0.05) is 31.5 Å². The van der Waals surface area contributed by atoms with Crippen molar-refractivity contribution in [3.63, 3.8) is 0 Å². The summed E-state index contributed by atoms with van der Waals surface area (Å²) in [6.07, 6.45) is 3.11. The third kappa shape index (κ3) is 5.78. The van der Waals surface area contributed by atoms with Crippen LogP contribution in [0.3, 0.4) is 0 Å². The fourth-order valence-corrected chi connectivity index (χ4v) is 3.31. The van der Waals surface area contributed by atoms with Crippen LogP contribution < -0.4 is 4.90 Å². The number of anilines is 1. The number of alkyl halides is 3. The molecular weight excluding hydrogens is 377 g/mol. The molecule has 1 N–H and O–H groups in total. The summed E-state index contributed by atoms with van der Waals surface area (Å²) < 4.78 is 37.9. The van der Waals surface area contributed by atoms with Gasteiger partial charge in [-0.2, -0.15) is 13.2 Å². The van der Waals surface area contributed by atoms with Gasteiger partial charge in [0.2, 0.25) is 5.95 Å². The Balaban J connectivity index is 0.000000345. The molecular formula is C18H27F3N4O3. The SMILES string of the molecule is CCc1cnc(N2CCC3(CC2)CC(N(C)C)CO3)nc1.O=C(O)C(F)(F)F. The molecule has 3 heterocycles. The number of aromatic nitrogens is 2. The van der Waals surface area contributed by atoms with Crippen molar-refractivity contribution in [2.75, 3.05) is 38.7 Å². The van der Waals surface area contributed by atoms with Gasteiger partial charge in [0.1, 0.15) is 0 Å². The molecule has 0 saturated carbocycles. The maximum atomic E-state index is 10.6. The largest absolute Gasteiger partial charge is 0.490 e. The third-order valence-electron chi connectivity index (χ3n) is 5.22. The topological polar surface area (TPSA) is 78.8 Å². The van der Waals surface area contributed by atoms with Gasteiger partial charge in [0.25, 0.3) is 0 Å². The van der Waals surface area contributed by atoms with E-state index in [2.05, 4.69) is 40.8 Å². The molecule has 0 aromatic carbocycles. The van der Waals surface area contributed by atoms with E-state index < -0.39 is 12.1 Å². The Hall–Kier alpha value is -1.94. The Bertz CT molecular complexity index is 644. The number of likely N-dealkylation sites (N-methyl/N-ethyl adjacent to an activating group) is 1. The highest BCUT2D eigenvalue weighted by Gasteiger charge is 2.43. The molecule has 7 nitrogen and oxygen atoms in total.